The highest BCUT2D eigenvalue weighted by atomic mass is 28.1. The maximum atomic E-state index is 9.56. The smallest absolute Gasteiger partial charge is 0.142 e. The summed E-state index contributed by atoms with van der Waals surface area (Å²) in [6, 6.07) is 0. The fraction of sp³-hybridized carbons (Fsp3) is 0.250. The van der Waals surface area contributed by atoms with E-state index in [-0.39, 0.29) is 0 Å². The van der Waals surface area contributed by atoms with E-state index < -0.39 is 0 Å². The van der Waals surface area contributed by atoms with E-state index in [1.807, 2.05) is 6.92 Å². The van der Waals surface area contributed by atoms with Gasteiger partial charge in [-0.15, -0.1) is 0 Å². The van der Waals surface area contributed by atoms with Crippen LogP contribution in [0.1, 0.15) is 6.92 Å². The van der Waals surface area contributed by atoms with Gasteiger partial charge in [0.2, 0.25) is 0 Å². The molecule has 1 nitrogen and oxygen atoms in total. The second-order valence-corrected chi connectivity index (χ2v) is 2.96. The van der Waals surface area contributed by atoms with E-state index in [0.29, 0.717) is 0 Å². The van der Waals surface area contributed by atoms with Crippen LogP contribution in [0.25, 0.3) is 0 Å². The van der Waals surface area contributed by atoms with Crippen molar-refractivity contribution in [1.29, 1.82) is 0 Å². The van der Waals surface area contributed by atoms with Crippen molar-refractivity contribution in [3.05, 3.63) is 11.3 Å². The summed E-state index contributed by atoms with van der Waals surface area (Å²) in [5.41, 5.74) is 0. The number of carbonyl (C=O) groups excluding carboxylic acids is 1. The standard InChI is InChI=1S/C4H8OSi/c1-4(6)2-3-5/h2-3H,1,6H3. The van der Waals surface area contributed by atoms with E-state index >= 15 is 0 Å². The summed E-state index contributed by atoms with van der Waals surface area (Å²) >= 11 is 0. The van der Waals surface area contributed by atoms with Crippen molar-refractivity contribution in [1.82, 2.24) is 0 Å². The minimum absolute atomic E-state index is 0.822. The van der Waals surface area contributed by atoms with Gasteiger partial charge in [-0.05, 0) is 13.0 Å². The van der Waals surface area contributed by atoms with Crippen molar-refractivity contribution in [3.8, 4) is 0 Å². The van der Waals surface area contributed by atoms with Crippen molar-refractivity contribution in [2.24, 2.45) is 0 Å². The Morgan fingerprint density at radius 3 is 2.33 bits per heavy atom. The lowest BCUT2D eigenvalue weighted by Crippen LogP contribution is -1.69. The van der Waals surface area contributed by atoms with Gasteiger partial charge in [-0.2, -0.15) is 0 Å². The summed E-state index contributed by atoms with van der Waals surface area (Å²) in [6.45, 7) is 1.95. The molecule has 6 heavy (non-hydrogen) atoms. The van der Waals surface area contributed by atoms with Crippen molar-refractivity contribution in [2.75, 3.05) is 0 Å². The SMILES string of the molecule is CC([SiH3])=CC=O. The Labute approximate surface area is 40.5 Å². The first kappa shape index (κ1) is 5.63. The van der Waals surface area contributed by atoms with Crippen LogP contribution in [0.2, 0.25) is 0 Å². The molecule has 0 radical (unpaired) electrons. The highest BCUT2D eigenvalue weighted by Crippen LogP contribution is 1.74. The van der Waals surface area contributed by atoms with Gasteiger partial charge in [-0.25, -0.2) is 0 Å². The Bertz CT molecular complexity index is 71.6. The molecular formula is C4H8OSi. The summed E-state index contributed by atoms with van der Waals surface area (Å²) in [4.78, 5) is 9.56. The minimum Gasteiger partial charge on any atom is -0.299 e. The van der Waals surface area contributed by atoms with Crippen molar-refractivity contribution in [2.45, 2.75) is 6.92 Å². The summed E-state index contributed by atoms with van der Waals surface area (Å²) in [7, 11) is 1.01. The first-order valence-corrected chi connectivity index (χ1v) is 2.86. The molecule has 0 heterocycles. The molecule has 0 aromatic carbocycles. The predicted molar refractivity (Wildman–Crippen MR) is 29.8 cm³/mol. The Balaban J connectivity index is 3.41. The van der Waals surface area contributed by atoms with Crippen LogP contribution < -0.4 is 0 Å². The topological polar surface area (TPSA) is 17.1 Å². The van der Waals surface area contributed by atoms with Gasteiger partial charge in [0.15, 0.2) is 0 Å². The second kappa shape index (κ2) is 2.84. The van der Waals surface area contributed by atoms with E-state index in [4.69, 9.17) is 0 Å². The Kier molecular flexibility index (Phi) is 2.67. The molecule has 0 bridgehead atoms. The lowest BCUT2D eigenvalue weighted by Gasteiger charge is -1.73. The monoisotopic (exact) mass is 100 g/mol. The summed E-state index contributed by atoms with van der Waals surface area (Å²) in [6.07, 6.45) is 2.41. The summed E-state index contributed by atoms with van der Waals surface area (Å²) < 4.78 is 0. The molecule has 0 fully saturated rings. The minimum atomic E-state index is 0.822. The average Bonchev–Trinajstić information content (AvgIpc) is 1.35. The van der Waals surface area contributed by atoms with Crippen molar-refractivity contribution in [3.63, 3.8) is 0 Å². The molecule has 0 saturated carbocycles. The molecule has 0 aromatic heterocycles. The number of rotatable bonds is 1. The molecule has 0 spiro atoms. The Morgan fingerprint density at radius 2 is 2.33 bits per heavy atom. The third kappa shape index (κ3) is 3.63. The molecule has 0 aliphatic rings. The number of aldehydes is 1. The number of hydrogen-bond acceptors (Lipinski definition) is 1. The molecule has 34 valence electrons. The fourth-order valence-electron chi connectivity index (χ4n) is 0.136. The van der Waals surface area contributed by atoms with Gasteiger partial charge < -0.3 is 0 Å². The van der Waals surface area contributed by atoms with E-state index in [0.717, 1.165) is 16.5 Å². The number of hydrogen-bond donors (Lipinski definition) is 0. The molecule has 0 aliphatic heterocycles. The molecule has 0 rings (SSSR count). The lowest BCUT2D eigenvalue weighted by atomic mass is 10.6. The van der Waals surface area contributed by atoms with Gasteiger partial charge in [0.1, 0.15) is 6.29 Å². The maximum absolute atomic E-state index is 9.56. The third-order valence-corrected chi connectivity index (χ3v) is 0.735. The zero-order chi connectivity index (χ0) is 4.99. The van der Waals surface area contributed by atoms with Crippen molar-refractivity contribution >= 4 is 16.5 Å². The van der Waals surface area contributed by atoms with Crippen LogP contribution in [-0.2, 0) is 4.79 Å². The molecule has 0 atom stereocenters. The fourth-order valence-corrected chi connectivity index (χ4v) is 0.272. The Morgan fingerprint density at radius 1 is 1.83 bits per heavy atom. The predicted octanol–water partition coefficient (Wildman–Crippen LogP) is -0.546. The quantitative estimate of drug-likeness (QED) is 0.245. The van der Waals surface area contributed by atoms with Crippen LogP contribution in [0, 0.1) is 0 Å². The zero-order valence-electron chi connectivity index (χ0n) is 4.06. The van der Waals surface area contributed by atoms with Crippen LogP contribution in [0.3, 0.4) is 0 Å². The summed E-state index contributed by atoms with van der Waals surface area (Å²) in [5, 5.41) is 1.19. The van der Waals surface area contributed by atoms with Gasteiger partial charge >= 0.3 is 0 Å². The summed E-state index contributed by atoms with van der Waals surface area (Å²) in [5.74, 6) is 0. The maximum Gasteiger partial charge on any atom is 0.142 e. The van der Waals surface area contributed by atoms with Crippen LogP contribution >= 0.6 is 0 Å². The first-order chi connectivity index (χ1) is 2.77. The highest BCUT2D eigenvalue weighted by molar-refractivity contribution is 6.22. The van der Waals surface area contributed by atoms with Crippen molar-refractivity contribution < 1.29 is 4.79 Å². The van der Waals surface area contributed by atoms with Gasteiger partial charge in [-0.1, -0.05) is 5.20 Å². The van der Waals surface area contributed by atoms with E-state index in [9.17, 15) is 4.79 Å². The molecule has 0 N–H and O–H groups in total. The van der Waals surface area contributed by atoms with Gasteiger partial charge in [0.05, 0.1) is 0 Å². The number of allylic oxidation sites excluding steroid dienone is 2. The molecule has 0 aliphatic carbocycles. The van der Waals surface area contributed by atoms with Crippen LogP contribution in [-0.4, -0.2) is 16.5 Å². The molecule has 0 saturated heterocycles. The molecular weight excluding hydrogens is 92.1 g/mol. The van der Waals surface area contributed by atoms with Gasteiger partial charge in [-0.3, -0.25) is 4.79 Å². The average molecular weight is 100 g/mol. The van der Waals surface area contributed by atoms with E-state index in [2.05, 4.69) is 0 Å². The normalized spacial score (nSPS) is 11.8. The highest BCUT2D eigenvalue weighted by Gasteiger charge is 1.66. The Hall–Kier alpha value is -0.373. The first-order valence-electron chi connectivity index (χ1n) is 1.86. The number of carbonyl (C=O) groups is 1. The van der Waals surface area contributed by atoms with E-state index in [1.165, 1.54) is 5.20 Å². The van der Waals surface area contributed by atoms with Gasteiger partial charge in [0.25, 0.3) is 0 Å². The van der Waals surface area contributed by atoms with Crippen LogP contribution in [0.4, 0.5) is 0 Å². The zero-order valence-corrected chi connectivity index (χ0v) is 6.06. The third-order valence-electron chi connectivity index (χ3n) is 0.401. The molecule has 2 heteroatoms. The lowest BCUT2D eigenvalue weighted by molar-refractivity contribution is -0.104. The second-order valence-electron chi connectivity index (χ2n) is 1.38. The van der Waals surface area contributed by atoms with Gasteiger partial charge in [0, 0.05) is 10.2 Å². The molecule has 0 amide bonds. The van der Waals surface area contributed by atoms with Crippen LogP contribution in [0.15, 0.2) is 11.3 Å². The molecule has 0 unspecified atom stereocenters. The molecule has 0 aromatic rings. The largest absolute Gasteiger partial charge is 0.299 e. The van der Waals surface area contributed by atoms with Crippen LogP contribution in [0.5, 0.6) is 0 Å². The van der Waals surface area contributed by atoms with E-state index in [1.54, 1.807) is 6.08 Å².